The fourth-order valence-electron chi connectivity index (χ4n) is 2.68. The van der Waals surface area contributed by atoms with Crippen LogP contribution in [0.5, 0.6) is 0 Å². The van der Waals surface area contributed by atoms with Crippen molar-refractivity contribution >= 4 is 11.8 Å². The molecule has 2 aromatic carbocycles. The molecule has 3 rings (SSSR count). The number of halogens is 1. The molecule has 3 aromatic rings. The predicted molar refractivity (Wildman–Crippen MR) is 104 cm³/mol. The molecule has 0 atom stereocenters. The molecule has 0 saturated carbocycles. The summed E-state index contributed by atoms with van der Waals surface area (Å²) in [6, 6.07) is 16.7. The summed E-state index contributed by atoms with van der Waals surface area (Å²) in [5.41, 5.74) is 3.39. The highest BCUT2D eigenvalue weighted by Gasteiger charge is 2.12. The van der Waals surface area contributed by atoms with E-state index in [1.54, 1.807) is 18.2 Å². The summed E-state index contributed by atoms with van der Waals surface area (Å²) >= 11 is 0. The maximum absolute atomic E-state index is 12.9. The van der Waals surface area contributed by atoms with Crippen LogP contribution in [0.15, 0.2) is 66.9 Å². The normalized spacial score (nSPS) is 10.4. The molecule has 0 saturated heterocycles. The van der Waals surface area contributed by atoms with Crippen molar-refractivity contribution in [2.45, 2.75) is 20.0 Å². The molecule has 1 heterocycles. The van der Waals surface area contributed by atoms with Gasteiger partial charge >= 0.3 is 0 Å². The highest BCUT2D eigenvalue weighted by Crippen LogP contribution is 2.07. The van der Waals surface area contributed by atoms with Gasteiger partial charge in [0.15, 0.2) is 0 Å². The second-order valence-electron chi connectivity index (χ2n) is 6.41. The van der Waals surface area contributed by atoms with Crippen molar-refractivity contribution in [1.82, 2.24) is 15.6 Å². The van der Waals surface area contributed by atoms with E-state index < -0.39 is 5.91 Å². The Bertz CT molecular complexity index is 987. The van der Waals surface area contributed by atoms with Gasteiger partial charge in [-0.3, -0.25) is 14.6 Å². The number of aryl methyl sites for hydroxylation is 1. The number of rotatable bonds is 6. The molecule has 28 heavy (non-hydrogen) atoms. The van der Waals surface area contributed by atoms with Crippen LogP contribution in [0.2, 0.25) is 0 Å². The van der Waals surface area contributed by atoms with Crippen LogP contribution in [0.1, 0.15) is 37.5 Å². The van der Waals surface area contributed by atoms with Crippen LogP contribution in [0.4, 0.5) is 4.39 Å². The topological polar surface area (TPSA) is 71.1 Å². The minimum absolute atomic E-state index is 0.144. The van der Waals surface area contributed by atoms with E-state index in [-0.39, 0.29) is 24.0 Å². The molecule has 0 aliphatic rings. The highest BCUT2D eigenvalue weighted by molar-refractivity contribution is 5.98. The van der Waals surface area contributed by atoms with Crippen LogP contribution in [-0.2, 0) is 13.1 Å². The Hall–Kier alpha value is -3.54. The van der Waals surface area contributed by atoms with E-state index in [1.165, 1.54) is 24.4 Å². The van der Waals surface area contributed by atoms with Gasteiger partial charge in [0.1, 0.15) is 11.5 Å². The number of amides is 2. The van der Waals surface area contributed by atoms with Crippen LogP contribution < -0.4 is 10.6 Å². The fraction of sp³-hybridized carbons (Fsp3) is 0.136. The quantitative estimate of drug-likeness (QED) is 0.692. The second kappa shape index (κ2) is 8.90. The maximum atomic E-state index is 12.9. The number of carbonyl (C=O) groups excluding carboxylic acids is 2. The van der Waals surface area contributed by atoms with Crippen LogP contribution >= 0.6 is 0 Å². The molecular weight excluding hydrogens is 357 g/mol. The van der Waals surface area contributed by atoms with Gasteiger partial charge in [-0.2, -0.15) is 0 Å². The third-order valence-electron chi connectivity index (χ3n) is 4.16. The lowest BCUT2D eigenvalue weighted by Crippen LogP contribution is -2.26. The smallest absolute Gasteiger partial charge is 0.270 e. The van der Waals surface area contributed by atoms with E-state index in [2.05, 4.69) is 15.6 Å². The SMILES string of the molecule is Cc1cccc(CNC(=O)c2ccnc(C(=O)NCc3ccc(F)cc3)c2)c1. The van der Waals surface area contributed by atoms with E-state index in [1.807, 2.05) is 31.2 Å². The van der Waals surface area contributed by atoms with E-state index >= 15 is 0 Å². The summed E-state index contributed by atoms with van der Waals surface area (Å²) in [5, 5.41) is 5.55. The standard InChI is InChI=1S/C22H20FN3O2/c1-15-3-2-4-17(11-15)14-25-21(27)18-9-10-24-20(12-18)22(28)26-13-16-5-7-19(23)8-6-16/h2-12H,13-14H2,1H3,(H,25,27)(H,26,28). The number of hydrogen-bond acceptors (Lipinski definition) is 3. The first-order valence-electron chi connectivity index (χ1n) is 8.84. The fourth-order valence-corrected chi connectivity index (χ4v) is 2.68. The van der Waals surface area contributed by atoms with Gasteiger partial charge in [0.05, 0.1) is 0 Å². The molecule has 2 amide bonds. The van der Waals surface area contributed by atoms with Gasteiger partial charge < -0.3 is 10.6 Å². The van der Waals surface area contributed by atoms with Gasteiger partial charge in [-0.1, -0.05) is 42.0 Å². The number of pyridine rings is 1. The first-order chi connectivity index (χ1) is 13.5. The van der Waals surface area contributed by atoms with Gasteiger partial charge in [0.25, 0.3) is 11.8 Å². The number of aromatic nitrogens is 1. The molecule has 5 nitrogen and oxygen atoms in total. The Labute approximate surface area is 162 Å². The Kier molecular flexibility index (Phi) is 6.11. The van der Waals surface area contributed by atoms with Gasteiger partial charge in [0, 0.05) is 24.8 Å². The number of benzene rings is 2. The summed E-state index contributed by atoms with van der Waals surface area (Å²) in [4.78, 5) is 28.7. The molecule has 0 fully saturated rings. The van der Waals surface area contributed by atoms with Crippen LogP contribution in [0.25, 0.3) is 0 Å². The van der Waals surface area contributed by atoms with Crippen molar-refractivity contribution in [2.24, 2.45) is 0 Å². The van der Waals surface area contributed by atoms with Gasteiger partial charge in [-0.15, -0.1) is 0 Å². The predicted octanol–water partition coefficient (Wildman–Crippen LogP) is 3.39. The third-order valence-corrected chi connectivity index (χ3v) is 4.16. The molecule has 0 unspecified atom stereocenters. The lowest BCUT2D eigenvalue weighted by atomic mass is 10.1. The average molecular weight is 377 g/mol. The summed E-state index contributed by atoms with van der Waals surface area (Å²) in [6.45, 7) is 2.63. The zero-order valence-electron chi connectivity index (χ0n) is 15.4. The van der Waals surface area contributed by atoms with Crippen molar-refractivity contribution in [2.75, 3.05) is 0 Å². The van der Waals surface area contributed by atoms with E-state index in [0.717, 1.165) is 16.7 Å². The van der Waals surface area contributed by atoms with Crippen molar-refractivity contribution < 1.29 is 14.0 Å². The molecule has 0 radical (unpaired) electrons. The number of hydrogen-bond donors (Lipinski definition) is 2. The Morgan fingerprint density at radius 1 is 0.893 bits per heavy atom. The molecule has 142 valence electrons. The van der Waals surface area contributed by atoms with Crippen molar-refractivity contribution in [3.63, 3.8) is 0 Å². The van der Waals surface area contributed by atoms with Crippen LogP contribution in [0.3, 0.4) is 0 Å². The third kappa shape index (κ3) is 5.23. The minimum atomic E-state index is -0.405. The monoisotopic (exact) mass is 377 g/mol. The average Bonchev–Trinajstić information content (AvgIpc) is 2.71. The van der Waals surface area contributed by atoms with Crippen molar-refractivity contribution in [1.29, 1.82) is 0 Å². The summed E-state index contributed by atoms with van der Waals surface area (Å²) < 4.78 is 12.9. The lowest BCUT2D eigenvalue weighted by molar-refractivity contribution is 0.0946. The van der Waals surface area contributed by atoms with Crippen molar-refractivity contribution in [3.8, 4) is 0 Å². The molecule has 2 N–H and O–H groups in total. The van der Waals surface area contributed by atoms with E-state index in [0.29, 0.717) is 12.1 Å². The molecule has 0 aliphatic heterocycles. The van der Waals surface area contributed by atoms with Crippen LogP contribution in [0, 0.1) is 12.7 Å². The first-order valence-corrected chi connectivity index (χ1v) is 8.84. The number of carbonyl (C=O) groups is 2. The maximum Gasteiger partial charge on any atom is 0.270 e. The van der Waals surface area contributed by atoms with Gasteiger partial charge in [-0.05, 0) is 42.3 Å². The minimum Gasteiger partial charge on any atom is -0.348 e. The molecule has 0 spiro atoms. The Balaban J connectivity index is 1.59. The van der Waals surface area contributed by atoms with Gasteiger partial charge in [-0.25, -0.2) is 4.39 Å². The largest absolute Gasteiger partial charge is 0.348 e. The zero-order valence-corrected chi connectivity index (χ0v) is 15.4. The van der Waals surface area contributed by atoms with Gasteiger partial charge in [0.2, 0.25) is 0 Å². The van der Waals surface area contributed by atoms with Crippen LogP contribution in [-0.4, -0.2) is 16.8 Å². The molecule has 6 heteroatoms. The highest BCUT2D eigenvalue weighted by atomic mass is 19.1. The summed E-state index contributed by atoms with van der Waals surface area (Å²) in [7, 11) is 0. The van der Waals surface area contributed by atoms with E-state index in [4.69, 9.17) is 0 Å². The number of nitrogens with one attached hydrogen (secondary N) is 2. The molecule has 0 aliphatic carbocycles. The second-order valence-corrected chi connectivity index (χ2v) is 6.41. The molecular formula is C22H20FN3O2. The van der Waals surface area contributed by atoms with Crippen molar-refractivity contribution in [3.05, 3.63) is 101 Å². The number of nitrogens with zero attached hydrogens (tertiary/aromatic N) is 1. The zero-order chi connectivity index (χ0) is 19.9. The Morgan fingerprint density at radius 2 is 1.61 bits per heavy atom. The van der Waals surface area contributed by atoms with E-state index in [9.17, 15) is 14.0 Å². The molecule has 1 aromatic heterocycles. The molecule has 0 bridgehead atoms. The Morgan fingerprint density at radius 3 is 2.36 bits per heavy atom. The first kappa shape index (κ1) is 19.2. The summed E-state index contributed by atoms with van der Waals surface area (Å²) in [6.07, 6.45) is 1.42. The lowest BCUT2D eigenvalue weighted by Gasteiger charge is -2.08. The summed E-state index contributed by atoms with van der Waals surface area (Å²) in [5.74, 6) is -1.02.